The molecule has 2 aliphatic heterocycles. The lowest BCUT2D eigenvalue weighted by Gasteiger charge is -2.22. The summed E-state index contributed by atoms with van der Waals surface area (Å²) in [6.45, 7) is 1.16. The molecule has 3 aliphatic rings. The molecule has 3 nitrogen and oxygen atoms in total. The van der Waals surface area contributed by atoms with Gasteiger partial charge in [-0.1, -0.05) is 12.8 Å². The summed E-state index contributed by atoms with van der Waals surface area (Å²) in [5.74, 6) is 0.329. The van der Waals surface area contributed by atoms with E-state index in [-0.39, 0.29) is 5.92 Å². The molecule has 1 saturated carbocycles. The third-order valence-electron chi connectivity index (χ3n) is 4.49. The van der Waals surface area contributed by atoms with Crippen LogP contribution in [0.4, 0.5) is 0 Å². The summed E-state index contributed by atoms with van der Waals surface area (Å²) in [4.78, 5) is 13.6. The Bertz CT molecular complexity index is 275. The van der Waals surface area contributed by atoms with E-state index in [1.165, 1.54) is 25.7 Å². The van der Waals surface area contributed by atoms with Gasteiger partial charge in [-0.3, -0.25) is 9.69 Å². The Kier molecular flexibility index (Phi) is 2.23. The summed E-state index contributed by atoms with van der Waals surface area (Å²) in [5.41, 5.74) is 0. The molecule has 3 heteroatoms. The molecule has 0 aromatic heterocycles. The average molecular weight is 209 g/mol. The van der Waals surface area contributed by atoms with Crippen LogP contribution in [0.25, 0.3) is 0 Å². The van der Waals surface area contributed by atoms with Crippen molar-refractivity contribution in [2.75, 3.05) is 6.54 Å². The zero-order valence-electron chi connectivity index (χ0n) is 9.06. The van der Waals surface area contributed by atoms with Gasteiger partial charge in [0.15, 0.2) is 0 Å². The maximum absolute atomic E-state index is 11.1. The van der Waals surface area contributed by atoms with Gasteiger partial charge < -0.3 is 5.11 Å². The quantitative estimate of drug-likeness (QED) is 0.766. The van der Waals surface area contributed by atoms with Crippen LogP contribution in [0.5, 0.6) is 0 Å². The number of carboxylic acids is 1. The number of nitrogens with zero attached hydrogens (tertiary/aromatic N) is 1. The van der Waals surface area contributed by atoms with E-state index in [0.717, 1.165) is 25.3 Å². The van der Waals surface area contributed by atoms with Gasteiger partial charge in [-0.2, -0.15) is 0 Å². The molecule has 3 unspecified atom stereocenters. The molecule has 1 aliphatic carbocycles. The molecule has 3 atom stereocenters. The van der Waals surface area contributed by atoms with Crippen LogP contribution < -0.4 is 0 Å². The summed E-state index contributed by atoms with van der Waals surface area (Å²) < 4.78 is 0. The van der Waals surface area contributed by atoms with Gasteiger partial charge in [0.05, 0.1) is 5.92 Å². The molecule has 0 aromatic carbocycles. The van der Waals surface area contributed by atoms with Crippen LogP contribution >= 0.6 is 0 Å². The van der Waals surface area contributed by atoms with Crippen LogP contribution in [0, 0.1) is 11.8 Å². The SMILES string of the molecule is O=C(O)C1CC2CCC1N2CCC1CC1. The highest BCUT2D eigenvalue weighted by Gasteiger charge is 2.48. The van der Waals surface area contributed by atoms with E-state index >= 15 is 0 Å². The molecular weight excluding hydrogens is 190 g/mol. The highest BCUT2D eigenvalue weighted by molar-refractivity contribution is 5.71. The van der Waals surface area contributed by atoms with Gasteiger partial charge >= 0.3 is 5.97 Å². The molecule has 2 heterocycles. The molecular formula is C12H19NO2. The Morgan fingerprint density at radius 1 is 1.27 bits per heavy atom. The van der Waals surface area contributed by atoms with Crippen molar-refractivity contribution in [1.29, 1.82) is 0 Å². The predicted octanol–water partition coefficient (Wildman–Crippen LogP) is 1.72. The Hall–Kier alpha value is -0.570. The first-order valence-electron chi connectivity index (χ1n) is 6.24. The molecule has 2 bridgehead atoms. The Labute approximate surface area is 90.5 Å². The first-order valence-corrected chi connectivity index (χ1v) is 6.24. The summed E-state index contributed by atoms with van der Waals surface area (Å²) in [7, 11) is 0. The highest BCUT2D eigenvalue weighted by Crippen LogP contribution is 2.43. The monoisotopic (exact) mass is 209 g/mol. The van der Waals surface area contributed by atoms with Gasteiger partial charge in [0.2, 0.25) is 0 Å². The third-order valence-corrected chi connectivity index (χ3v) is 4.49. The van der Waals surface area contributed by atoms with Crippen molar-refractivity contribution >= 4 is 5.97 Å². The molecule has 2 saturated heterocycles. The van der Waals surface area contributed by atoms with Crippen molar-refractivity contribution in [3.8, 4) is 0 Å². The number of fused-ring (bicyclic) bond motifs is 2. The molecule has 15 heavy (non-hydrogen) atoms. The normalized spacial score (nSPS) is 39.9. The minimum absolute atomic E-state index is 0.0667. The van der Waals surface area contributed by atoms with E-state index in [9.17, 15) is 4.79 Å². The smallest absolute Gasteiger partial charge is 0.308 e. The van der Waals surface area contributed by atoms with Crippen LogP contribution in [-0.4, -0.2) is 34.6 Å². The van der Waals surface area contributed by atoms with Crippen LogP contribution in [0.2, 0.25) is 0 Å². The number of carboxylic acid groups (broad SMARTS) is 1. The summed E-state index contributed by atoms with van der Waals surface area (Å²) in [5, 5.41) is 9.12. The lowest BCUT2D eigenvalue weighted by Crippen LogP contribution is -2.33. The Balaban J connectivity index is 1.61. The lowest BCUT2D eigenvalue weighted by molar-refractivity contribution is -0.142. The van der Waals surface area contributed by atoms with Gasteiger partial charge in [-0.25, -0.2) is 0 Å². The lowest BCUT2D eigenvalue weighted by atomic mass is 9.89. The second kappa shape index (κ2) is 3.48. The molecule has 0 aromatic rings. The molecule has 0 radical (unpaired) electrons. The first-order chi connectivity index (χ1) is 7.25. The summed E-state index contributed by atoms with van der Waals surface area (Å²) in [6, 6.07) is 0.959. The van der Waals surface area contributed by atoms with E-state index in [4.69, 9.17) is 5.11 Å². The molecule has 3 fully saturated rings. The van der Waals surface area contributed by atoms with Gasteiger partial charge in [-0.15, -0.1) is 0 Å². The molecule has 0 amide bonds. The van der Waals surface area contributed by atoms with E-state index < -0.39 is 5.97 Å². The van der Waals surface area contributed by atoms with Crippen molar-refractivity contribution in [1.82, 2.24) is 4.90 Å². The second-order valence-electron chi connectivity index (χ2n) is 5.45. The van der Waals surface area contributed by atoms with Crippen molar-refractivity contribution < 1.29 is 9.90 Å². The van der Waals surface area contributed by atoms with Crippen molar-refractivity contribution in [3.63, 3.8) is 0 Å². The molecule has 1 N–H and O–H groups in total. The van der Waals surface area contributed by atoms with Crippen LogP contribution in [0.1, 0.15) is 38.5 Å². The fourth-order valence-electron chi connectivity index (χ4n) is 3.45. The average Bonchev–Trinajstić information content (AvgIpc) is 2.89. The number of rotatable bonds is 4. The fourth-order valence-corrected chi connectivity index (χ4v) is 3.45. The summed E-state index contributed by atoms with van der Waals surface area (Å²) in [6.07, 6.45) is 7.38. The molecule has 0 spiro atoms. The minimum atomic E-state index is -0.571. The zero-order chi connectivity index (χ0) is 10.4. The Morgan fingerprint density at radius 3 is 2.67 bits per heavy atom. The van der Waals surface area contributed by atoms with Crippen LogP contribution in [0.15, 0.2) is 0 Å². The van der Waals surface area contributed by atoms with Gasteiger partial charge in [0.25, 0.3) is 0 Å². The van der Waals surface area contributed by atoms with Crippen LogP contribution in [-0.2, 0) is 4.79 Å². The number of carbonyl (C=O) groups is 1. The minimum Gasteiger partial charge on any atom is -0.481 e. The third kappa shape index (κ3) is 1.67. The van der Waals surface area contributed by atoms with Crippen molar-refractivity contribution in [3.05, 3.63) is 0 Å². The molecule has 84 valence electrons. The zero-order valence-corrected chi connectivity index (χ0v) is 9.06. The van der Waals surface area contributed by atoms with E-state index in [1.54, 1.807) is 0 Å². The van der Waals surface area contributed by atoms with Crippen LogP contribution in [0.3, 0.4) is 0 Å². The predicted molar refractivity (Wildman–Crippen MR) is 56.6 cm³/mol. The first kappa shape index (κ1) is 9.64. The second-order valence-corrected chi connectivity index (χ2v) is 5.45. The highest BCUT2D eigenvalue weighted by atomic mass is 16.4. The number of hydrogen-bond donors (Lipinski definition) is 1. The Morgan fingerprint density at radius 2 is 2.07 bits per heavy atom. The van der Waals surface area contributed by atoms with Crippen molar-refractivity contribution in [2.24, 2.45) is 11.8 Å². The molecule has 3 rings (SSSR count). The number of hydrogen-bond acceptors (Lipinski definition) is 2. The fraction of sp³-hybridized carbons (Fsp3) is 0.917. The largest absolute Gasteiger partial charge is 0.481 e. The topological polar surface area (TPSA) is 40.5 Å². The van der Waals surface area contributed by atoms with E-state index in [0.29, 0.717) is 12.1 Å². The van der Waals surface area contributed by atoms with Gasteiger partial charge in [-0.05, 0) is 38.1 Å². The van der Waals surface area contributed by atoms with Gasteiger partial charge in [0.1, 0.15) is 0 Å². The van der Waals surface area contributed by atoms with E-state index in [2.05, 4.69) is 4.90 Å². The summed E-state index contributed by atoms with van der Waals surface area (Å²) >= 11 is 0. The maximum atomic E-state index is 11.1. The maximum Gasteiger partial charge on any atom is 0.308 e. The van der Waals surface area contributed by atoms with Gasteiger partial charge in [0, 0.05) is 12.1 Å². The van der Waals surface area contributed by atoms with Crippen molar-refractivity contribution in [2.45, 2.75) is 50.6 Å². The standard InChI is InChI=1S/C12H19NO2/c14-12(15)10-7-9-3-4-11(10)13(9)6-5-8-1-2-8/h8-11H,1-7H2,(H,14,15). The number of aliphatic carboxylic acids is 1. The van der Waals surface area contributed by atoms with E-state index in [1.807, 2.05) is 0 Å².